The summed E-state index contributed by atoms with van der Waals surface area (Å²) < 4.78 is 0. The lowest BCUT2D eigenvalue weighted by Crippen LogP contribution is -2.52. The van der Waals surface area contributed by atoms with Crippen molar-refractivity contribution in [2.75, 3.05) is 19.6 Å². The molecule has 0 bridgehead atoms. The summed E-state index contributed by atoms with van der Waals surface area (Å²) >= 11 is 0.853. The van der Waals surface area contributed by atoms with Crippen LogP contribution >= 0.6 is 11.3 Å². The number of thiophene rings is 1. The lowest BCUT2D eigenvalue weighted by atomic mass is 10.1. The van der Waals surface area contributed by atoms with Crippen molar-refractivity contribution in [1.29, 1.82) is 0 Å². The summed E-state index contributed by atoms with van der Waals surface area (Å²) in [5.74, 6) is -0.423. The first kappa shape index (κ1) is 16.8. The van der Waals surface area contributed by atoms with Gasteiger partial charge in [-0.15, -0.1) is 0 Å². The molecule has 2 N–H and O–H groups in total. The van der Waals surface area contributed by atoms with Crippen molar-refractivity contribution in [3.8, 4) is 0 Å². The molecular formula is C15H20N4O4S. The van der Waals surface area contributed by atoms with Gasteiger partial charge in [-0.1, -0.05) is 11.3 Å². The molecule has 2 fully saturated rings. The van der Waals surface area contributed by atoms with Gasteiger partial charge in [0.2, 0.25) is 5.91 Å². The van der Waals surface area contributed by atoms with E-state index < -0.39 is 11.0 Å². The highest BCUT2D eigenvalue weighted by molar-refractivity contribution is 7.17. The highest BCUT2D eigenvalue weighted by atomic mass is 32.1. The number of rotatable bonds is 4. The topological polar surface area (TPSA) is 105 Å². The first-order valence-corrected chi connectivity index (χ1v) is 8.94. The Hall–Kier alpha value is -2.00. The lowest BCUT2D eigenvalue weighted by molar-refractivity contribution is -0.380. The molecule has 0 aromatic carbocycles. The second kappa shape index (κ2) is 7.27. The van der Waals surface area contributed by atoms with Crippen LogP contribution in [0.2, 0.25) is 0 Å². The molecule has 1 aromatic heterocycles. The molecule has 130 valence electrons. The Morgan fingerprint density at radius 1 is 1.33 bits per heavy atom. The molecule has 8 nitrogen and oxygen atoms in total. The maximum absolute atomic E-state index is 12.6. The predicted molar refractivity (Wildman–Crippen MR) is 89.1 cm³/mol. The molecule has 9 heteroatoms. The molecule has 2 atom stereocenters. The number of likely N-dealkylation sites (tertiary alicyclic amines) is 1. The van der Waals surface area contributed by atoms with Crippen molar-refractivity contribution in [3.05, 3.63) is 27.1 Å². The van der Waals surface area contributed by atoms with Crippen molar-refractivity contribution in [1.82, 2.24) is 15.5 Å². The molecule has 2 amide bonds. The maximum Gasteiger partial charge on any atom is 0.324 e. The second-order valence-corrected chi connectivity index (χ2v) is 7.17. The monoisotopic (exact) mass is 352 g/mol. The van der Waals surface area contributed by atoms with Gasteiger partial charge < -0.3 is 15.5 Å². The molecule has 2 saturated heterocycles. The minimum Gasteiger partial charge on any atom is -0.350 e. The molecule has 0 aliphatic carbocycles. The number of amides is 2. The SMILES string of the molecule is O=C(N[C@H]1CCCNC1)C1CCCN1C(=O)c1ccc([N+](=O)[O-])s1. The van der Waals surface area contributed by atoms with E-state index in [-0.39, 0.29) is 22.9 Å². The third-order valence-corrected chi connectivity index (χ3v) is 5.47. The first-order chi connectivity index (χ1) is 11.6. The Bertz CT molecular complexity index is 641. The van der Waals surface area contributed by atoms with Gasteiger partial charge in [0.25, 0.3) is 5.91 Å². The highest BCUT2D eigenvalue weighted by Gasteiger charge is 2.36. The molecule has 0 saturated carbocycles. The Labute approximate surface area is 143 Å². The van der Waals surface area contributed by atoms with Gasteiger partial charge in [-0.3, -0.25) is 19.7 Å². The van der Waals surface area contributed by atoms with Gasteiger partial charge in [0.1, 0.15) is 6.04 Å². The zero-order chi connectivity index (χ0) is 17.1. The fraction of sp³-hybridized carbons (Fsp3) is 0.600. The number of hydrogen-bond donors (Lipinski definition) is 2. The van der Waals surface area contributed by atoms with E-state index in [0.29, 0.717) is 17.8 Å². The van der Waals surface area contributed by atoms with Crippen LogP contribution in [0.5, 0.6) is 0 Å². The van der Waals surface area contributed by atoms with Crippen LogP contribution in [0.4, 0.5) is 5.00 Å². The largest absolute Gasteiger partial charge is 0.350 e. The normalized spacial score (nSPS) is 23.9. The standard InChI is InChI=1S/C15H20N4O4S/c20-14(17-10-3-1-7-16-9-10)11-4-2-8-18(11)15(21)12-5-6-13(24-12)19(22)23/h5-6,10-11,16H,1-4,7-9H2,(H,17,20)/t10-,11?/m0/s1. The third kappa shape index (κ3) is 3.57. The smallest absolute Gasteiger partial charge is 0.324 e. The van der Waals surface area contributed by atoms with Gasteiger partial charge in [0.05, 0.1) is 9.80 Å². The number of nitrogens with zero attached hydrogens (tertiary/aromatic N) is 2. The molecule has 1 unspecified atom stereocenters. The molecule has 0 spiro atoms. The van der Waals surface area contributed by atoms with Crippen LogP contribution in [0.15, 0.2) is 12.1 Å². The second-order valence-electron chi connectivity index (χ2n) is 6.10. The van der Waals surface area contributed by atoms with E-state index in [2.05, 4.69) is 10.6 Å². The van der Waals surface area contributed by atoms with Crippen LogP contribution < -0.4 is 10.6 Å². The fourth-order valence-corrected chi connectivity index (χ4v) is 4.01. The zero-order valence-electron chi connectivity index (χ0n) is 13.2. The molecule has 2 aliphatic rings. The van der Waals surface area contributed by atoms with Crippen molar-refractivity contribution in [2.24, 2.45) is 0 Å². The van der Waals surface area contributed by atoms with Gasteiger partial charge in [0.15, 0.2) is 0 Å². The van der Waals surface area contributed by atoms with Crippen LogP contribution in [0, 0.1) is 10.1 Å². The van der Waals surface area contributed by atoms with Crippen molar-refractivity contribution < 1.29 is 14.5 Å². The molecule has 0 radical (unpaired) electrons. The van der Waals surface area contributed by atoms with Crippen LogP contribution in [-0.2, 0) is 4.79 Å². The van der Waals surface area contributed by atoms with Crippen LogP contribution in [-0.4, -0.2) is 53.4 Å². The van der Waals surface area contributed by atoms with Crippen molar-refractivity contribution in [3.63, 3.8) is 0 Å². The summed E-state index contributed by atoms with van der Waals surface area (Å²) in [7, 11) is 0. The van der Waals surface area contributed by atoms with Gasteiger partial charge in [0, 0.05) is 25.2 Å². The Morgan fingerprint density at radius 2 is 2.17 bits per heavy atom. The first-order valence-electron chi connectivity index (χ1n) is 8.12. The highest BCUT2D eigenvalue weighted by Crippen LogP contribution is 2.28. The maximum atomic E-state index is 12.6. The fourth-order valence-electron chi connectivity index (χ4n) is 3.24. The summed E-state index contributed by atoms with van der Waals surface area (Å²) in [5.41, 5.74) is 0. The summed E-state index contributed by atoms with van der Waals surface area (Å²) in [6.45, 7) is 2.23. The molecule has 2 aliphatic heterocycles. The van der Waals surface area contributed by atoms with E-state index in [4.69, 9.17) is 0 Å². The summed E-state index contributed by atoms with van der Waals surface area (Å²) in [5, 5.41) is 17.0. The summed E-state index contributed by atoms with van der Waals surface area (Å²) in [4.78, 5) is 37.3. The number of carbonyl (C=O) groups is 2. The number of nitro groups is 1. The third-order valence-electron chi connectivity index (χ3n) is 4.44. The summed E-state index contributed by atoms with van der Waals surface area (Å²) in [6, 6.07) is 2.41. The van der Waals surface area contributed by atoms with Gasteiger partial charge >= 0.3 is 5.00 Å². The molecular weight excluding hydrogens is 332 g/mol. The number of hydrogen-bond acceptors (Lipinski definition) is 6. The van der Waals surface area contributed by atoms with Crippen LogP contribution in [0.25, 0.3) is 0 Å². The van der Waals surface area contributed by atoms with Crippen LogP contribution in [0.1, 0.15) is 35.4 Å². The zero-order valence-corrected chi connectivity index (χ0v) is 14.0. The van der Waals surface area contributed by atoms with E-state index in [9.17, 15) is 19.7 Å². The summed E-state index contributed by atoms with van der Waals surface area (Å²) in [6.07, 6.45) is 3.36. The van der Waals surface area contributed by atoms with Gasteiger partial charge in [-0.2, -0.15) is 0 Å². The molecule has 3 heterocycles. The number of nitrogens with one attached hydrogen (secondary N) is 2. The van der Waals surface area contributed by atoms with Gasteiger partial charge in [-0.05, 0) is 38.3 Å². The minimum atomic E-state index is -0.508. The van der Waals surface area contributed by atoms with Crippen molar-refractivity contribution >= 4 is 28.2 Å². The Kier molecular flexibility index (Phi) is 5.10. The number of carbonyl (C=O) groups excluding carboxylic acids is 2. The van der Waals surface area contributed by atoms with E-state index in [1.165, 1.54) is 12.1 Å². The number of piperidine rings is 1. The average molecular weight is 352 g/mol. The molecule has 3 rings (SSSR count). The molecule has 24 heavy (non-hydrogen) atoms. The Morgan fingerprint density at radius 3 is 2.83 bits per heavy atom. The van der Waals surface area contributed by atoms with E-state index in [0.717, 1.165) is 43.7 Å². The molecule has 1 aromatic rings. The lowest BCUT2D eigenvalue weighted by Gasteiger charge is -2.28. The van der Waals surface area contributed by atoms with Crippen molar-refractivity contribution in [2.45, 2.75) is 37.8 Å². The Balaban J connectivity index is 1.66. The van der Waals surface area contributed by atoms with Crippen LogP contribution in [0.3, 0.4) is 0 Å². The average Bonchev–Trinajstić information content (AvgIpc) is 3.25. The van der Waals surface area contributed by atoms with E-state index in [1.807, 2.05) is 0 Å². The predicted octanol–water partition coefficient (Wildman–Crippen LogP) is 1.13. The van der Waals surface area contributed by atoms with Gasteiger partial charge in [-0.25, -0.2) is 0 Å². The quantitative estimate of drug-likeness (QED) is 0.624. The minimum absolute atomic E-state index is 0.0631. The van der Waals surface area contributed by atoms with E-state index in [1.54, 1.807) is 4.90 Å². The van der Waals surface area contributed by atoms with E-state index >= 15 is 0 Å².